The van der Waals surface area contributed by atoms with Crippen molar-refractivity contribution in [2.24, 2.45) is 0 Å². The fraction of sp³-hybridized carbons (Fsp3) is 0.385. The first-order valence-corrected chi connectivity index (χ1v) is 5.34. The van der Waals surface area contributed by atoms with E-state index in [2.05, 4.69) is 48.7 Å². The van der Waals surface area contributed by atoms with Gasteiger partial charge in [0.15, 0.2) is 0 Å². The second-order valence-corrected chi connectivity index (χ2v) is 4.02. The maximum Gasteiger partial charge on any atom is 0.0256 e. The Morgan fingerprint density at radius 2 is 2.00 bits per heavy atom. The van der Waals surface area contributed by atoms with Gasteiger partial charge in [-0.15, -0.1) is 0 Å². The molecule has 1 aromatic carbocycles. The van der Waals surface area contributed by atoms with E-state index in [-0.39, 0.29) is 0 Å². The third-order valence-electron chi connectivity index (χ3n) is 2.73. The second-order valence-electron chi connectivity index (χ2n) is 4.02. The lowest BCUT2D eigenvalue weighted by atomic mass is 10.1. The van der Waals surface area contributed by atoms with Gasteiger partial charge in [-0.05, 0) is 25.3 Å². The Kier molecular flexibility index (Phi) is 3.00. The number of hydrogen-bond donors (Lipinski definition) is 1. The molecule has 14 heavy (non-hydrogen) atoms. The third kappa shape index (κ3) is 2.46. The van der Waals surface area contributed by atoms with E-state index in [0.29, 0.717) is 12.1 Å². The number of nitrogens with one attached hydrogen (secondary N) is 1. The van der Waals surface area contributed by atoms with Crippen molar-refractivity contribution in [3.05, 3.63) is 42.0 Å². The van der Waals surface area contributed by atoms with Crippen LogP contribution in [0.3, 0.4) is 0 Å². The summed E-state index contributed by atoms with van der Waals surface area (Å²) >= 11 is 0. The van der Waals surface area contributed by atoms with Crippen molar-refractivity contribution >= 4 is 6.08 Å². The van der Waals surface area contributed by atoms with E-state index in [1.807, 2.05) is 6.07 Å². The monoisotopic (exact) mass is 187 g/mol. The molecule has 1 heteroatoms. The van der Waals surface area contributed by atoms with Crippen molar-refractivity contribution in [2.45, 2.75) is 31.8 Å². The van der Waals surface area contributed by atoms with Crippen molar-refractivity contribution in [1.29, 1.82) is 0 Å². The van der Waals surface area contributed by atoms with Gasteiger partial charge in [0.25, 0.3) is 0 Å². The Bertz CT molecular complexity index is 302. The average molecular weight is 187 g/mol. The topological polar surface area (TPSA) is 12.0 Å². The van der Waals surface area contributed by atoms with Crippen LogP contribution in [0, 0.1) is 0 Å². The van der Waals surface area contributed by atoms with E-state index < -0.39 is 0 Å². The van der Waals surface area contributed by atoms with Gasteiger partial charge in [-0.2, -0.15) is 0 Å². The van der Waals surface area contributed by atoms with Crippen LogP contribution in [0.4, 0.5) is 0 Å². The highest BCUT2D eigenvalue weighted by molar-refractivity contribution is 5.49. The molecule has 74 valence electrons. The van der Waals surface area contributed by atoms with Crippen LogP contribution in [0.25, 0.3) is 6.08 Å². The molecular weight excluding hydrogens is 170 g/mol. The van der Waals surface area contributed by atoms with E-state index in [1.165, 1.54) is 18.4 Å². The third-order valence-corrected chi connectivity index (χ3v) is 2.73. The maximum atomic E-state index is 3.54. The first-order valence-electron chi connectivity index (χ1n) is 5.34. The minimum absolute atomic E-state index is 0.574. The molecule has 1 aliphatic heterocycles. The van der Waals surface area contributed by atoms with E-state index in [1.54, 1.807) is 0 Å². The maximum absolute atomic E-state index is 3.54. The quantitative estimate of drug-likeness (QED) is 0.750. The van der Waals surface area contributed by atoms with Crippen LogP contribution in [0.2, 0.25) is 0 Å². The predicted molar refractivity (Wildman–Crippen MR) is 61.1 cm³/mol. The van der Waals surface area contributed by atoms with Crippen molar-refractivity contribution < 1.29 is 0 Å². The summed E-state index contributed by atoms with van der Waals surface area (Å²) in [6.45, 7) is 2.25. The normalized spacial score (nSPS) is 27.2. The molecule has 0 aliphatic carbocycles. The highest BCUT2D eigenvalue weighted by atomic mass is 15.0. The predicted octanol–water partition coefficient (Wildman–Crippen LogP) is 2.84. The smallest absolute Gasteiger partial charge is 0.0256 e. The molecule has 0 amide bonds. The van der Waals surface area contributed by atoms with Crippen molar-refractivity contribution in [3.63, 3.8) is 0 Å². The largest absolute Gasteiger partial charge is 0.308 e. The summed E-state index contributed by atoms with van der Waals surface area (Å²) in [6, 6.07) is 11.7. The Labute approximate surface area is 85.8 Å². The summed E-state index contributed by atoms with van der Waals surface area (Å²) in [5.41, 5.74) is 1.29. The van der Waals surface area contributed by atoms with E-state index in [0.717, 1.165) is 0 Å². The standard InChI is InChI=1S/C13H17N/c1-11-7-9-13(14-11)10-8-12-5-3-2-4-6-12/h2-6,8,10-11,13-14H,7,9H2,1H3/b10-8+. The van der Waals surface area contributed by atoms with Crippen LogP contribution in [0.15, 0.2) is 36.4 Å². The summed E-state index contributed by atoms with van der Waals surface area (Å²) in [5.74, 6) is 0. The van der Waals surface area contributed by atoms with Gasteiger partial charge < -0.3 is 5.32 Å². The molecule has 1 heterocycles. The fourth-order valence-electron chi connectivity index (χ4n) is 1.90. The van der Waals surface area contributed by atoms with Crippen LogP contribution in [0.5, 0.6) is 0 Å². The Hall–Kier alpha value is -1.08. The summed E-state index contributed by atoms with van der Waals surface area (Å²) < 4.78 is 0. The SMILES string of the molecule is CC1CCC(/C=C/c2ccccc2)N1. The molecule has 2 unspecified atom stereocenters. The summed E-state index contributed by atoms with van der Waals surface area (Å²) in [7, 11) is 0. The molecular formula is C13H17N. The zero-order chi connectivity index (χ0) is 9.80. The van der Waals surface area contributed by atoms with Crippen LogP contribution in [0.1, 0.15) is 25.3 Å². The summed E-state index contributed by atoms with van der Waals surface area (Å²) in [5, 5.41) is 3.54. The number of benzene rings is 1. The van der Waals surface area contributed by atoms with Crippen LogP contribution in [-0.2, 0) is 0 Å². The van der Waals surface area contributed by atoms with Gasteiger partial charge in [0, 0.05) is 12.1 Å². The Morgan fingerprint density at radius 3 is 2.64 bits per heavy atom. The molecule has 2 rings (SSSR count). The molecule has 1 aromatic rings. The van der Waals surface area contributed by atoms with E-state index in [9.17, 15) is 0 Å². The molecule has 0 bridgehead atoms. The lowest BCUT2D eigenvalue weighted by Crippen LogP contribution is -2.24. The minimum atomic E-state index is 0.574. The zero-order valence-corrected chi connectivity index (χ0v) is 8.61. The van der Waals surface area contributed by atoms with Crippen LogP contribution in [-0.4, -0.2) is 12.1 Å². The summed E-state index contributed by atoms with van der Waals surface area (Å²) in [4.78, 5) is 0. The van der Waals surface area contributed by atoms with Crippen LogP contribution < -0.4 is 5.32 Å². The van der Waals surface area contributed by atoms with Crippen molar-refractivity contribution in [2.75, 3.05) is 0 Å². The molecule has 1 nitrogen and oxygen atoms in total. The van der Waals surface area contributed by atoms with Gasteiger partial charge >= 0.3 is 0 Å². The highest BCUT2D eigenvalue weighted by Crippen LogP contribution is 2.13. The van der Waals surface area contributed by atoms with Gasteiger partial charge in [-0.25, -0.2) is 0 Å². The lowest BCUT2D eigenvalue weighted by molar-refractivity contribution is 0.628. The minimum Gasteiger partial charge on any atom is -0.308 e. The fourth-order valence-corrected chi connectivity index (χ4v) is 1.90. The van der Waals surface area contributed by atoms with E-state index >= 15 is 0 Å². The number of hydrogen-bond acceptors (Lipinski definition) is 1. The van der Waals surface area contributed by atoms with Gasteiger partial charge in [-0.3, -0.25) is 0 Å². The number of rotatable bonds is 2. The van der Waals surface area contributed by atoms with E-state index in [4.69, 9.17) is 0 Å². The van der Waals surface area contributed by atoms with Crippen LogP contribution >= 0.6 is 0 Å². The van der Waals surface area contributed by atoms with Gasteiger partial charge in [0.2, 0.25) is 0 Å². The Morgan fingerprint density at radius 1 is 1.21 bits per heavy atom. The molecule has 1 fully saturated rings. The second kappa shape index (κ2) is 4.43. The zero-order valence-electron chi connectivity index (χ0n) is 8.61. The average Bonchev–Trinajstić information content (AvgIpc) is 2.63. The molecule has 1 N–H and O–H groups in total. The first-order chi connectivity index (χ1) is 6.84. The highest BCUT2D eigenvalue weighted by Gasteiger charge is 2.16. The molecule has 0 aromatic heterocycles. The molecule has 0 spiro atoms. The molecule has 0 radical (unpaired) electrons. The molecule has 1 saturated heterocycles. The van der Waals surface area contributed by atoms with Crippen molar-refractivity contribution in [3.8, 4) is 0 Å². The lowest BCUT2D eigenvalue weighted by Gasteiger charge is -2.05. The van der Waals surface area contributed by atoms with Gasteiger partial charge in [0.05, 0.1) is 0 Å². The Balaban J connectivity index is 1.94. The van der Waals surface area contributed by atoms with Gasteiger partial charge in [-0.1, -0.05) is 42.5 Å². The van der Waals surface area contributed by atoms with Gasteiger partial charge in [0.1, 0.15) is 0 Å². The molecule has 1 aliphatic rings. The molecule has 2 atom stereocenters. The first kappa shape index (κ1) is 9.47. The van der Waals surface area contributed by atoms with Crippen molar-refractivity contribution in [1.82, 2.24) is 5.32 Å². The summed E-state index contributed by atoms with van der Waals surface area (Å²) in [6.07, 6.45) is 7.04. The molecule has 0 saturated carbocycles.